The van der Waals surface area contributed by atoms with Crippen LogP contribution in [-0.2, 0) is 32.7 Å². The smallest absolute Gasteiger partial charge is 0.00217 e. The minimum Gasteiger partial charge on any atom is -0.386 e. The van der Waals surface area contributed by atoms with Crippen LogP contribution in [0.1, 0.15) is 24.0 Å². The number of allylic oxidation sites excluding steroid dienone is 1. The first-order valence-corrected chi connectivity index (χ1v) is 3.50. The fourth-order valence-electron chi connectivity index (χ4n) is 0.682. The number of nitrogens with zero attached hydrogens (tertiary/aromatic N) is 2. The minimum atomic E-state index is 0. The second-order valence-electron chi connectivity index (χ2n) is 2.64. The largest absolute Gasteiger partial charge is 0.386 e. The Labute approximate surface area is 98.4 Å². The molecule has 0 aliphatic rings. The van der Waals surface area contributed by atoms with Crippen LogP contribution in [0.3, 0.4) is 0 Å². The predicted molar refractivity (Wildman–Crippen MR) is 45.1 cm³/mol. The molecule has 1 rings (SSSR count). The molecule has 12 heavy (non-hydrogen) atoms. The van der Waals surface area contributed by atoms with E-state index in [-0.39, 0.29) is 32.7 Å². The molecular formula is C9H11N2Y-. The zero-order chi connectivity index (χ0) is 8.43. The number of hydrogen-bond donors (Lipinski definition) is 0. The van der Waals surface area contributed by atoms with E-state index in [9.17, 15) is 0 Å². The molecule has 0 aromatic carbocycles. The standard InChI is InChI=1S/C9H11N2.Y/c1-6(2)9-5-10-7(3)8(4)11-9;/h1H2,2-4H3;/q-1;. The topological polar surface area (TPSA) is 25.8 Å². The van der Waals surface area contributed by atoms with Gasteiger partial charge in [-0.05, 0) is 18.3 Å². The van der Waals surface area contributed by atoms with Crippen molar-refractivity contribution < 1.29 is 32.7 Å². The second-order valence-corrected chi connectivity index (χ2v) is 2.64. The van der Waals surface area contributed by atoms with Gasteiger partial charge in [0.2, 0.25) is 0 Å². The van der Waals surface area contributed by atoms with Gasteiger partial charge in [-0.3, -0.25) is 4.98 Å². The van der Waals surface area contributed by atoms with Crippen molar-refractivity contribution in [2.24, 2.45) is 0 Å². The van der Waals surface area contributed by atoms with Crippen molar-refractivity contribution in [3.05, 3.63) is 29.9 Å². The van der Waals surface area contributed by atoms with Gasteiger partial charge < -0.3 is 4.98 Å². The van der Waals surface area contributed by atoms with Gasteiger partial charge in [0.1, 0.15) is 0 Å². The molecule has 0 saturated heterocycles. The molecule has 0 aliphatic carbocycles. The van der Waals surface area contributed by atoms with E-state index in [2.05, 4.69) is 22.7 Å². The molecule has 0 amide bonds. The van der Waals surface area contributed by atoms with E-state index in [1.54, 1.807) is 0 Å². The second kappa shape index (κ2) is 4.83. The summed E-state index contributed by atoms with van der Waals surface area (Å²) in [7, 11) is 0. The van der Waals surface area contributed by atoms with Gasteiger partial charge in [-0.1, -0.05) is 20.0 Å². The summed E-state index contributed by atoms with van der Waals surface area (Å²) in [5, 5.41) is 0. The Balaban J connectivity index is 0.00000121. The van der Waals surface area contributed by atoms with Crippen LogP contribution in [0.5, 0.6) is 0 Å². The van der Waals surface area contributed by atoms with E-state index >= 15 is 0 Å². The molecular weight excluding hydrogens is 225 g/mol. The first-order chi connectivity index (χ1) is 5.11. The van der Waals surface area contributed by atoms with E-state index in [0.29, 0.717) is 0 Å². The summed E-state index contributed by atoms with van der Waals surface area (Å²) >= 11 is 0. The van der Waals surface area contributed by atoms with Crippen molar-refractivity contribution in [2.75, 3.05) is 0 Å². The van der Waals surface area contributed by atoms with Crippen LogP contribution in [0.2, 0.25) is 0 Å². The van der Waals surface area contributed by atoms with Crippen LogP contribution in [0.4, 0.5) is 0 Å². The molecule has 0 spiro atoms. The van der Waals surface area contributed by atoms with E-state index in [1.165, 1.54) is 0 Å². The average Bonchev–Trinajstić information content (AvgIpc) is 1.94. The molecule has 1 aromatic rings. The molecule has 3 heteroatoms. The monoisotopic (exact) mass is 236 g/mol. The predicted octanol–water partition coefficient (Wildman–Crippen LogP) is 1.92. The van der Waals surface area contributed by atoms with E-state index < -0.39 is 0 Å². The van der Waals surface area contributed by atoms with Gasteiger partial charge in [0.05, 0.1) is 0 Å². The van der Waals surface area contributed by atoms with E-state index in [4.69, 9.17) is 0 Å². The Hall–Kier alpha value is -0.0761. The molecule has 1 heterocycles. The van der Waals surface area contributed by atoms with Crippen molar-refractivity contribution in [3.63, 3.8) is 0 Å². The average molecular weight is 236 g/mol. The van der Waals surface area contributed by atoms with Gasteiger partial charge in [-0.15, -0.1) is 12.2 Å². The van der Waals surface area contributed by atoms with Crippen LogP contribution in [-0.4, -0.2) is 9.97 Å². The van der Waals surface area contributed by atoms with Gasteiger partial charge in [0, 0.05) is 38.4 Å². The van der Waals surface area contributed by atoms with Crippen LogP contribution >= 0.6 is 0 Å². The molecule has 1 radical (unpaired) electrons. The van der Waals surface area contributed by atoms with Gasteiger partial charge in [0.25, 0.3) is 0 Å². The third-order valence-corrected chi connectivity index (χ3v) is 1.54. The number of aryl methyl sites for hydroxylation is 2. The Morgan fingerprint density at radius 2 is 1.92 bits per heavy atom. The van der Waals surface area contributed by atoms with E-state index in [0.717, 1.165) is 22.7 Å². The summed E-state index contributed by atoms with van der Waals surface area (Å²) in [6.45, 7) is 9.51. The Morgan fingerprint density at radius 3 is 2.33 bits per heavy atom. The molecule has 0 unspecified atom stereocenters. The maximum Gasteiger partial charge on any atom is 0.00217 e. The molecule has 0 fully saturated rings. The SMILES string of the molecule is C=C(C)c1[c-]nc(C)c(C)n1.[Y]. The number of rotatable bonds is 1. The van der Waals surface area contributed by atoms with Crippen molar-refractivity contribution in [3.8, 4) is 0 Å². The summed E-state index contributed by atoms with van der Waals surface area (Å²) in [6.07, 6.45) is 2.82. The molecule has 0 N–H and O–H groups in total. The van der Waals surface area contributed by atoms with Gasteiger partial charge >= 0.3 is 0 Å². The van der Waals surface area contributed by atoms with Crippen LogP contribution < -0.4 is 0 Å². The maximum atomic E-state index is 4.25. The first-order valence-electron chi connectivity index (χ1n) is 3.50. The maximum absolute atomic E-state index is 4.25. The minimum absolute atomic E-state index is 0. The summed E-state index contributed by atoms with van der Waals surface area (Å²) in [5.41, 5.74) is 3.53. The summed E-state index contributed by atoms with van der Waals surface area (Å²) in [4.78, 5) is 8.31. The van der Waals surface area contributed by atoms with Gasteiger partial charge in [0.15, 0.2) is 0 Å². The third-order valence-electron chi connectivity index (χ3n) is 1.54. The number of hydrogen-bond acceptors (Lipinski definition) is 2. The molecule has 2 nitrogen and oxygen atoms in total. The molecule has 0 atom stereocenters. The molecule has 61 valence electrons. The fourth-order valence-corrected chi connectivity index (χ4v) is 0.682. The molecule has 0 bridgehead atoms. The Morgan fingerprint density at radius 1 is 1.33 bits per heavy atom. The first kappa shape index (κ1) is 11.9. The quantitative estimate of drug-likeness (QED) is 0.696. The van der Waals surface area contributed by atoms with Crippen LogP contribution in [0, 0.1) is 20.0 Å². The molecule has 1 aromatic heterocycles. The summed E-state index contributed by atoms with van der Waals surface area (Å²) < 4.78 is 0. The van der Waals surface area contributed by atoms with E-state index in [1.807, 2.05) is 20.8 Å². The summed E-state index contributed by atoms with van der Waals surface area (Å²) in [6, 6.07) is 0. The molecule has 0 aliphatic heterocycles. The normalized spacial score (nSPS) is 8.92. The summed E-state index contributed by atoms with van der Waals surface area (Å²) in [5.74, 6) is 0. The molecule has 0 saturated carbocycles. The van der Waals surface area contributed by atoms with Crippen LogP contribution in [0.25, 0.3) is 5.57 Å². The number of aromatic nitrogens is 2. The Bertz CT molecular complexity index is 295. The zero-order valence-corrected chi connectivity index (χ0v) is 10.5. The van der Waals surface area contributed by atoms with Gasteiger partial charge in [-0.25, -0.2) is 0 Å². The van der Waals surface area contributed by atoms with Crippen molar-refractivity contribution in [1.82, 2.24) is 9.97 Å². The fraction of sp³-hybridized carbons (Fsp3) is 0.333. The van der Waals surface area contributed by atoms with Crippen molar-refractivity contribution in [1.29, 1.82) is 0 Å². The van der Waals surface area contributed by atoms with Crippen molar-refractivity contribution >= 4 is 5.57 Å². The van der Waals surface area contributed by atoms with Crippen molar-refractivity contribution in [2.45, 2.75) is 20.8 Å². The van der Waals surface area contributed by atoms with Crippen LogP contribution in [0.15, 0.2) is 6.58 Å². The third kappa shape index (κ3) is 2.76. The van der Waals surface area contributed by atoms with Gasteiger partial charge in [-0.2, -0.15) is 0 Å². The Kier molecular flexibility index (Phi) is 4.80. The zero-order valence-electron chi connectivity index (χ0n) is 7.68.